The average molecular weight is 258 g/mol. The fourth-order valence-electron chi connectivity index (χ4n) is 2.61. The lowest BCUT2D eigenvalue weighted by molar-refractivity contribution is -0.113. The fraction of sp³-hybridized carbons (Fsp3) is 0.583. The molecular formula is C12H16ClNO3. The quantitative estimate of drug-likeness (QED) is 0.906. The van der Waals surface area contributed by atoms with E-state index in [1.165, 1.54) is 6.07 Å². The van der Waals surface area contributed by atoms with Crippen LogP contribution in [0.25, 0.3) is 0 Å². The molecule has 0 radical (unpaired) electrons. The molecule has 4 nitrogen and oxygen atoms in total. The molecule has 0 aromatic carbocycles. The van der Waals surface area contributed by atoms with Crippen LogP contribution in [-0.2, 0) is 4.74 Å². The van der Waals surface area contributed by atoms with Crippen molar-refractivity contribution in [2.24, 2.45) is 5.41 Å². The lowest BCUT2D eigenvalue weighted by Crippen LogP contribution is -2.51. The topological polar surface area (TPSA) is 51.5 Å². The number of aromatic carboxylic acids is 1. The highest BCUT2D eigenvalue weighted by Gasteiger charge is 2.50. The number of nitrogens with zero attached hydrogens (tertiary/aromatic N) is 1. The van der Waals surface area contributed by atoms with Gasteiger partial charge in [-0.15, -0.1) is 0 Å². The molecule has 0 amide bonds. The van der Waals surface area contributed by atoms with Crippen molar-refractivity contribution in [1.29, 1.82) is 0 Å². The molecule has 0 spiro atoms. The Balaban J connectivity index is 2.34. The van der Waals surface area contributed by atoms with Gasteiger partial charge in [-0.05, 0) is 12.5 Å². The molecule has 1 aromatic heterocycles. The van der Waals surface area contributed by atoms with Crippen LogP contribution >= 0.6 is 11.6 Å². The van der Waals surface area contributed by atoms with Crippen LogP contribution in [0.2, 0.25) is 5.02 Å². The highest BCUT2D eigenvalue weighted by atomic mass is 35.5. The van der Waals surface area contributed by atoms with Gasteiger partial charge in [-0.3, -0.25) is 0 Å². The van der Waals surface area contributed by atoms with Crippen LogP contribution < -0.4 is 0 Å². The van der Waals surface area contributed by atoms with E-state index < -0.39 is 5.97 Å². The van der Waals surface area contributed by atoms with Gasteiger partial charge < -0.3 is 14.4 Å². The summed E-state index contributed by atoms with van der Waals surface area (Å²) >= 11 is 5.88. The zero-order valence-electron chi connectivity index (χ0n) is 10.1. The van der Waals surface area contributed by atoms with Crippen molar-refractivity contribution in [3.63, 3.8) is 0 Å². The molecule has 2 rings (SSSR count). The Morgan fingerprint density at radius 3 is 2.76 bits per heavy atom. The van der Waals surface area contributed by atoms with Crippen LogP contribution in [-0.4, -0.2) is 28.9 Å². The van der Waals surface area contributed by atoms with Crippen LogP contribution in [0.1, 0.15) is 36.8 Å². The number of hydrogen-bond acceptors (Lipinski definition) is 2. The standard InChI is InChI=1S/C12H16ClNO3/c1-12(2)9(5-10(12)17-3)14-6-7(13)4-8(14)11(15)16/h4,6,9-10H,5H2,1-3H3,(H,15,16). The van der Waals surface area contributed by atoms with Gasteiger partial charge in [0.15, 0.2) is 0 Å². The molecule has 1 fully saturated rings. The summed E-state index contributed by atoms with van der Waals surface area (Å²) in [4.78, 5) is 11.1. The molecule has 1 saturated carbocycles. The summed E-state index contributed by atoms with van der Waals surface area (Å²) in [5.41, 5.74) is 0.156. The second-order valence-electron chi connectivity index (χ2n) is 5.05. The molecule has 94 valence electrons. The molecule has 1 N–H and O–H groups in total. The minimum Gasteiger partial charge on any atom is -0.477 e. The van der Waals surface area contributed by atoms with Gasteiger partial charge in [-0.2, -0.15) is 0 Å². The number of hydrogen-bond donors (Lipinski definition) is 1. The molecule has 17 heavy (non-hydrogen) atoms. The van der Waals surface area contributed by atoms with Crippen molar-refractivity contribution >= 4 is 17.6 Å². The van der Waals surface area contributed by atoms with Crippen molar-refractivity contribution in [2.75, 3.05) is 7.11 Å². The van der Waals surface area contributed by atoms with Gasteiger partial charge >= 0.3 is 5.97 Å². The van der Waals surface area contributed by atoms with Crippen molar-refractivity contribution in [2.45, 2.75) is 32.4 Å². The summed E-state index contributed by atoms with van der Waals surface area (Å²) in [5, 5.41) is 9.59. The molecule has 1 heterocycles. The maximum Gasteiger partial charge on any atom is 0.352 e. The Kier molecular flexibility index (Phi) is 2.96. The highest BCUT2D eigenvalue weighted by Crippen LogP contribution is 2.51. The molecular weight excluding hydrogens is 242 g/mol. The normalized spacial score (nSPS) is 26.6. The van der Waals surface area contributed by atoms with Crippen molar-refractivity contribution in [3.05, 3.63) is 23.0 Å². The molecule has 0 saturated heterocycles. The van der Waals surface area contributed by atoms with E-state index in [4.69, 9.17) is 21.4 Å². The number of halogens is 1. The third-order valence-corrected chi connectivity index (χ3v) is 3.99. The van der Waals surface area contributed by atoms with Crippen molar-refractivity contribution in [3.8, 4) is 0 Å². The summed E-state index contributed by atoms with van der Waals surface area (Å²) < 4.78 is 7.12. The van der Waals surface area contributed by atoms with Crippen LogP contribution in [0.15, 0.2) is 12.3 Å². The van der Waals surface area contributed by atoms with E-state index in [1.807, 2.05) is 0 Å². The molecule has 5 heteroatoms. The van der Waals surface area contributed by atoms with E-state index in [2.05, 4.69) is 13.8 Å². The lowest BCUT2D eigenvalue weighted by Gasteiger charge is -2.51. The summed E-state index contributed by atoms with van der Waals surface area (Å²) in [6.45, 7) is 4.16. The zero-order valence-corrected chi connectivity index (χ0v) is 10.9. The lowest BCUT2D eigenvalue weighted by atomic mass is 9.64. The summed E-state index contributed by atoms with van der Waals surface area (Å²) in [6.07, 6.45) is 2.66. The first-order chi connectivity index (χ1) is 7.87. The Bertz CT molecular complexity index is 453. The largest absolute Gasteiger partial charge is 0.477 e. The first-order valence-electron chi connectivity index (χ1n) is 5.51. The van der Waals surface area contributed by atoms with Crippen LogP contribution in [0.3, 0.4) is 0 Å². The van der Waals surface area contributed by atoms with E-state index in [-0.39, 0.29) is 23.3 Å². The number of carboxylic acid groups (broad SMARTS) is 1. The number of ether oxygens (including phenoxy) is 1. The summed E-state index contributed by atoms with van der Waals surface area (Å²) in [6, 6.07) is 1.60. The minimum atomic E-state index is -0.950. The van der Waals surface area contributed by atoms with Gasteiger partial charge in [0.1, 0.15) is 5.69 Å². The summed E-state index contributed by atoms with van der Waals surface area (Å²) in [5.74, 6) is -0.950. The number of carboxylic acids is 1. The van der Waals surface area contributed by atoms with E-state index in [0.29, 0.717) is 5.02 Å². The molecule has 1 aliphatic rings. The van der Waals surface area contributed by atoms with Gasteiger partial charge in [0.25, 0.3) is 0 Å². The van der Waals surface area contributed by atoms with Gasteiger partial charge in [0.2, 0.25) is 0 Å². The van der Waals surface area contributed by atoms with Gasteiger partial charge in [-0.25, -0.2) is 4.79 Å². The third-order valence-electron chi connectivity index (χ3n) is 3.78. The number of carbonyl (C=O) groups is 1. The number of rotatable bonds is 3. The van der Waals surface area contributed by atoms with E-state index >= 15 is 0 Å². The minimum absolute atomic E-state index is 0.0820. The van der Waals surface area contributed by atoms with Crippen molar-refractivity contribution in [1.82, 2.24) is 4.57 Å². The first kappa shape index (κ1) is 12.5. The van der Waals surface area contributed by atoms with Gasteiger partial charge in [0.05, 0.1) is 11.1 Å². The number of aromatic nitrogens is 1. The molecule has 0 bridgehead atoms. The smallest absolute Gasteiger partial charge is 0.352 e. The first-order valence-corrected chi connectivity index (χ1v) is 5.89. The Morgan fingerprint density at radius 1 is 1.65 bits per heavy atom. The maximum atomic E-state index is 11.1. The Morgan fingerprint density at radius 2 is 2.29 bits per heavy atom. The van der Waals surface area contributed by atoms with Crippen LogP contribution in [0.4, 0.5) is 0 Å². The fourth-order valence-corrected chi connectivity index (χ4v) is 2.82. The van der Waals surface area contributed by atoms with Gasteiger partial charge in [-0.1, -0.05) is 25.4 Å². The SMILES string of the molecule is COC1CC(n2cc(Cl)cc2C(=O)O)C1(C)C. The monoisotopic (exact) mass is 257 g/mol. The predicted molar refractivity (Wildman–Crippen MR) is 64.6 cm³/mol. The summed E-state index contributed by atoms with van der Waals surface area (Å²) in [7, 11) is 1.68. The molecule has 2 atom stereocenters. The van der Waals surface area contributed by atoms with Crippen molar-refractivity contribution < 1.29 is 14.6 Å². The highest BCUT2D eigenvalue weighted by molar-refractivity contribution is 6.30. The molecule has 0 aliphatic heterocycles. The molecule has 1 aromatic rings. The molecule has 1 aliphatic carbocycles. The van der Waals surface area contributed by atoms with E-state index in [1.54, 1.807) is 17.9 Å². The van der Waals surface area contributed by atoms with Crippen LogP contribution in [0, 0.1) is 5.41 Å². The van der Waals surface area contributed by atoms with E-state index in [0.717, 1.165) is 6.42 Å². The van der Waals surface area contributed by atoms with E-state index in [9.17, 15) is 4.79 Å². The second-order valence-corrected chi connectivity index (χ2v) is 5.49. The predicted octanol–water partition coefficient (Wildman–Crippen LogP) is 2.83. The third kappa shape index (κ3) is 1.85. The average Bonchev–Trinajstić information content (AvgIpc) is 2.59. The Labute approximate surface area is 105 Å². The Hall–Kier alpha value is -1.00. The maximum absolute atomic E-state index is 11.1. The van der Waals surface area contributed by atoms with Crippen LogP contribution in [0.5, 0.6) is 0 Å². The number of methoxy groups -OCH3 is 1. The van der Waals surface area contributed by atoms with Gasteiger partial charge in [0, 0.05) is 24.8 Å². The second kappa shape index (κ2) is 4.03. The molecule has 2 unspecified atom stereocenters. The zero-order chi connectivity index (χ0) is 12.8.